The molecule has 0 aliphatic carbocycles. The zero-order valence-corrected chi connectivity index (χ0v) is 42.6. The molecule has 1 aliphatic heterocycles. The molecule has 0 unspecified atom stereocenters. The highest BCUT2D eigenvalue weighted by Gasteiger charge is 2.35. The molecule has 1 aliphatic rings. The number of fused-ring (bicyclic) bond motifs is 1. The number of aromatic amines is 2. The molecular formula is C53H73N13O9. The predicted octanol–water partition coefficient (Wildman–Crippen LogP) is 1.10. The number of nitrogens with two attached hydrogens (primary N) is 4. The fourth-order valence-corrected chi connectivity index (χ4v) is 9.23. The van der Waals surface area contributed by atoms with Crippen LogP contribution in [0, 0.1) is 11.8 Å². The molecule has 404 valence electrons. The Morgan fingerprint density at radius 1 is 0.760 bits per heavy atom. The van der Waals surface area contributed by atoms with Crippen molar-refractivity contribution in [3.8, 4) is 0 Å². The molecule has 4 aromatic rings. The highest BCUT2D eigenvalue weighted by atomic mass is 16.2. The number of nitrogens with zero attached hydrogens (tertiary/aromatic N) is 2. The van der Waals surface area contributed by atoms with E-state index in [0.29, 0.717) is 30.6 Å². The number of carbonyl (C=O) groups is 9. The average Bonchev–Trinajstić information content (AvgIpc) is 4.05. The Hall–Kier alpha value is -7.75. The van der Waals surface area contributed by atoms with Crippen LogP contribution in [0.1, 0.15) is 107 Å². The molecule has 15 N–H and O–H groups in total. The first-order valence-electron chi connectivity index (χ1n) is 25.7. The minimum atomic E-state index is -1.35. The molecule has 2 aromatic heterocycles. The van der Waals surface area contributed by atoms with E-state index in [2.05, 4.69) is 46.5 Å². The summed E-state index contributed by atoms with van der Waals surface area (Å²) < 4.78 is 0. The van der Waals surface area contributed by atoms with Crippen LogP contribution in [0.4, 0.5) is 0 Å². The Bertz CT molecular complexity index is 2600. The maximum Gasteiger partial charge on any atom is 0.243 e. The lowest BCUT2D eigenvalue weighted by atomic mass is 9.83. The van der Waals surface area contributed by atoms with Crippen LogP contribution < -0.4 is 49.5 Å². The van der Waals surface area contributed by atoms with Crippen LogP contribution in [0.5, 0.6) is 0 Å². The molecule has 6 amide bonds. The van der Waals surface area contributed by atoms with E-state index in [-0.39, 0.29) is 108 Å². The number of benzene rings is 2. The minimum Gasteiger partial charge on any atom is -0.370 e. The first-order valence-corrected chi connectivity index (χ1v) is 25.7. The summed E-state index contributed by atoms with van der Waals surface area (Å²) in [6, 6.07) is 10.2. The fourth-order valence-electron chi connectivity index (χ4n) is 9.23. The number of H-pyrrole nitrogens is 2. The summed E-state index contributed by atoms with van der Waals surface area (Å²) in [5, 5.41) is 14.6. The van der Waals surface area contributed by atoms with Gasteiger partial charge in [-0.1, -0.05) is 55.0 Å². The van der Waals surface area contributed by atoms with Gasteiger partial charge < -0.3 is 59.5 Å². The van der Waals surface area contributed by atoms with E-state index in [4.69, 9.17) is 22.9 Å². The molecule has 0 spiro atoms. The second kappa shape index (κ2) is 29.8. The van der Waals surface area contributed by atoms with E-state index in [0.717, 1.165) is 16.5 Å². The fraction of sp³-hybridized carbons (Fsp3) is 0.491. The van der Waals surface area contributed by atoms with Gasteiger partial charge in [0.15, 0.2) is 11.7 Å². The van der Waals surface area contributed by atoms with Gasteiger partial charge in [0.1, 0.15) is 35.7 Å². The summed E-state index contributed by atoms with van der Waals surface area (Å²) in [4.78, 5) is 140. The molecule has 3 heterocycles. The number of aliphatic imine (C=N–C) groups is 1. The lowest BCUT2D eigenvalue weighted by Gasteiger charge is -2.27. The Morgan fingerprint density at radius 3 is 2.20 bits per heavy atom. The van der Waals surface area contributed by atoms with E-state index < -0.39 is 89.1 Å². The van der Waals surface area contributed by atoms with Crippen LogP contribution >= 0.6 is 0 Å². The van der Waals surface area contributed by atoms with E-state index in [1.54, 1.807) is 36.5 Å². The molecule has 5 rings (SSSR count). The molecule has 0 radical (unpaired) electrons. The van der Waals surface area contributed by atoms with Crippen molar-refractivity contribution in [1.29, 1.82) is 0 Å². The van der Waals surface area contributed by atoms with Crippen molar-refractivity contribution < 1.29 is 43.2 Å². The van der Waals surface area contributed by atoms with Crippen molar-refractivity contribution >= 4 is 69.7 Å². The minimum absolute atomic E-state index is 0.00273. The van der Waals surface area contributed by atoms with Crippen molar-refractivity contribution in [2.24, 2.45) is 39.8 Å². The third kappa shape index (κ3) is 19.2. The van der Waals surface area contributed by atoms with Crippen molar-refractivity contribution in [3.05, 3.63) is 90.1 Å². The summed E-state index contributed by atoms with van der Waals surface area (Å²) >= 11 is 0. The SMILES string of the molecule is CC(=O)N[C@@H](CCCCN)C(=O)N[C@H]1CCCCC(=O)CC[C@@H](C(N)=O)NC(=O)[C@H](Cc2c[nH]c3ccccc23)CC(=O)[C@H](CCCN=C(N)N)CC(=O)[C@@H](Cc2ccccc2)NC(=O)[C@H](Cc2cnc[nH]2)NC1=O. The first kappa shape index (κ1) is 58.1. The normalized spacial score (nSPS) is 21.5. The number of aromatic nitrogens is 3. The number of carbonyl (C=O) groups excluding carboxylic acids is 9. The van der Waals surface area contributed by atoms with Crippen LogP contribution in [-0.2, 0) is 62.4 Å². The van der Waals surface area contributed by atoms with Crippen molar-refractivity contribution in [2.75, 3.05) is 13.1 Å². The molecule has 2 aromatic carbocycles. The molecule has 75 heavy (non-hydrogen) atoms. The maximum atomic E-state index is 14.8. The Balaban J connectivity index is 1.55. The number of ketones is 3. The van der Waals surface area contributed by atoms with Gasteiger partial charge in [0.2, 0.25) is 35.4 Å². The van der Waals surface area contributed by atoms with Gasteiger partial charge in [-0.25, -0.2) is 4.98 Å². The zero-order valence-electron chi connectivity index (χ0n) is 42.6. The molecule has 1 saturated heterocycles. The van der Waals surface area contributed by atoms with Gasteiger partial charge >= 0.3 is 0 Å². The summed E-state index contributed by atoms with van der Waals surface area (Å²) in [5.41, 5.74) is 25.4. The summed E-state index contributed by atoms with van der Waals surface area (Å²) in [6.07, 6.45) is 5.74. The molecule has 22 heteroatoms. The zero-order chi connectivity index (χ0) is 54.3. The smallest absolute Gasteiger partial charge is 0.243 e. The highest BCUT2D eigenvalue weighted by Crippen LogP contribution is 2.26. The van der Waals surface area contributed by atoms with Crippen LogP contribution in [0.3, 0.4) is 0 Å². The van der Waals surface area contributed by atoms with Crippen molar-refractivity contribution in [1.82, 2.24) is 41.5 Å². The quantitative estimate of drug-likeness (QED) is 0.0378. The number of guanidine groups is 1. The van der Waals surface area contributed by atoms with Crippen LogP contribution in [0.15, 0.2) is 78.3 Å². The predicted molar refractivity (Wildman–Crippen MR) is 281 cm³/mol. The average molecular weight is 1040 g/mol. The second-order valence-corrected chi connectivity index (χ2v) is 19.2. The number of hydrogen-bond acceptors (Lipinski definition) is 12. The number of amides is 6. The molecule has 0 saturated carbocycles. The van der Waals surface area contributed by atoms with E-state index in [1.165, 1.54) is 19.4 Å². The van der Waals surface area contributed by atoms with Crippen LogP contribution in [0.25, 0.3) is 10.9 Å². The van der Waals surface area contributed by atoms with Gasteiger partial charge in [0, 0.05) is 86.4 Å². The highest BCUT2D eigenvalue weighted by molar-refractivity contribution is 5.98. The third-order valence-electron chi connectivity index (χ3n) is 13.3. The first-order chi connectivity index (χ1) is 36.0. The van der Waals surface area contributed by atoms with Gasteiger partial charge in [-0.05, 0) is 87.9 Å². The lowest BCUT2D eigenvalue weighted by Crippen LogP contribution is -2.58. The Morgan fingerprint density at radius 2 is 1.49 bits per heavy atom. The Kier molecular flexibility index (Phi) is 23.1. The lowest BCUT2D eigenvalue weighted by molar-refractivity contribution is -0.135. The molecular weight excluding hydrogens is 963 g/mol. The van der Waals surface area contributed by atoms with Crippen LogP contribution in [-0.4, -0.2) is 117 Å². The standard InChI is InChI=1S/C53H73N13O9/c1-32(67)62-42(19-9-10-22-54)50(73)64-43-18-7-5-15-38(68)20-21-41(48(55)71)63-49(72)35(25-36-29-60-40-17-8-6-16-39(36)40)27-46(69)34(14-11-23-59-53(56)57)26-47(70)44(24-33-12-3-2-4-13-33)65-52(75)45(66-51(43)74)28-37-30-58-31-61-37/h2-4,6,8,12-13,16-17,29-31,34-35,41-45,60H,5,7,9-11,14-15,18-28,54H2,1H3,(H2,55,71)(H,58,61)(H,62,67)(H,63,72)(H,64,73)(H,65,75)(H,66,74)(H4,56,57,59)/t34-,35-,41+,42+,43+,44-,45+/m1/s1. The number of rotatable bonds is 18. The number of para-hydroxylation sites is 1. The number of imidazole rings is 1. The number of hydrogen-bond donors (Lipinski definition) is 11. The van der Waals surface area contributed by atoms with E-state index >= 15 is 0 Å². The monoisotopic (exact) mass is 1040 g/mol. The second-order valence-electron chi connectivity index (χ2n) is 19.2. The summed E-state index contributed by atoms with van der Waals surface area (Å²) in [5.74, 6) is -7.62. The molecule has 22 nitrogen and oxygen atoms in total. The van der Waals surface area contributed by atoms with Crippen molar-refractivity contribution in [3.63, 3.8) is 0 Å². The topological polar surface area (TPSA) is 375 Å². The van der Waals surface area contributed by atoms with E-state index in [1.807, 2.05) is 24.3 Å². The number of nitrogens with one attached hydrogen (secondary N) is 7. The van der Waals surface area contributed by atoms with E-state index in [9.17, 15) is 43.2 Å². The number of Topliss-reactive ketones (excluding diaryl/α,β-unsaturated/α-hetero) is 3. The van der Waals surface area contributed by atoms with Crippen molar-refractivity contribution in [2.45, 2.75) is 140 Å². The van der Waals surface area contributed by atoms with Gasteiger partial charge in [0.05, 0.1) is 12.4 Å². The van der Waals surface area contributed by atoms with Gasteiger partial charge in [-0.3, -0.25) is 48.1 Å². The molecule has 1 fully saturated rings. The van der Waals surface area contributed by atoms with Gasteiger partial charge in [0.25, 0.3) is 0 Å². The number of primary amides is 1. The summed E-state index contributed by atoms with van der Waals surface area (Å²) in [6.45, 7) is 1.75. The third-order valence-corrected chi connectivity index (χ3v) is 13.3. The van der Waals surface area contributed by atoms with Gasteiger partial charge in [-0.15, -0.1) is 0 Å². The molecule has 0 bridgehead atoms. The van der Waals surface area contributed by atoms with Gasteiger partial charge in [-0.2, -0.15) is 0 Å². The largest absolute Gasteiger partial charge is 0.370 e. The summed E-state index contributed by atoms with van der Waals surface area (Å²) in [7, 11) is 0. The Labute approximate surface area is 435 Å². The maximum absolute atomic E-state index is 14.8. The molecule has 7 atom stereocenters. The van der Waals surface area contributed by atoms with Crippen LogP contribution in [0.2, 0.25) is 0 Å². The number of unbranched alkanes of at least 4 members (excludes halogenated alkanes) is 1.